The lowest BCUT2D eigenvalue weighted by atomic mass is 10.1. The fraction of sp³-hybridized carbons (Fsp3) is 0.533. The number of carbonyl (C=O) groups excluding carboxylic acids is 1. The SMILES string of the molecule is COCC(=O)c1ccc(OC[C@H](O)CNC(C)C)cc1. The van der Waals surface area contributed by atoms with Crippen molar-refractivity contribution in [2.24, 2.45) is 0 Å². The molecule has 0 aliphatic heterocycles. The molecule has 0 saturated heterocycles. The summed E-state index contributed by atoms with van der Waals surface area (Å²) in [6, 6.07) is 7.14. The predicted octanol–water partition coefficient (Wildman–Crippen LogP) is 1.25. The number of nitrogens with one attached hydrogen (secondary N) is 1. The summed E-state index contributed by atoms with van der Waals surface area (Å²) in [4.78, 5) is 11.6. The van der Waals surface area contributed by atoms with Crippen molar-refractivity contribution in [1.29, 1.82) is 0 Å². The molecule has 0 bridgehead atoms. The van der Waals surface area contributed by atoms with E-state index >= 15 is 0 Å². The minimum Gasteiger partial charge on any atom is -0.491 e. The van der Waals surface area contributed by atoms with Crippen LogP contribution in [0.5, 0.6) is 5.75 Å². The Morgan fingerprint density at radius 1 is 1.30 bits per heavy atom. The van der Waals surface area contributed by atoms with E-state index in [1.165, 1.54) is 7.11 Å². The van der Waals surface area contributed by atoms with Crippen LogP contribution in [-0.2, 0) is 4.74 Å². The molecule has 2 N–H and O–H groups in total. The van der Waals surface area contributed by atoms with Crippen molar-refractivity contribution in [3.8, 4) is 5.75 Å². The molecular weight excluding hydrogens is 258 g/mol. The standard InChI is InChI=1S/C15H23NO4/c1-11(2)16-8-13(17)9-20-14-6-4-12(5-7-14)15(18)10-19-3/h4-7,11,13,16-17H,8-10H2,1-3H3/t13-/m1/s1. The Morgan fingerprint density at radius 2 is 1.95 bits per heavy atom. The van der Waals surface area contributed by atoms with Gasteiger partial charge in [-0.15, -0.1) is 0 Å². The summed E-state index contributed by atoms with van der Waals surface area (Å²) in [5.41, 5.74) is 0.584. The zero-order valence-electron chi connectivity index (χ0n) is 12.3. The van der Waals surface area contributed by atoms with Crippen LogP contribution in [0.2, 0.25) is 0 Å². The first-order valence-electron chi connectivity index (χ1n) is 6.69. The van der Waals surface area contributed by atoms with Crippen LogP contribution in [0.25, 0.3) is 0 Å². The van der Waals surface area contributed by atoms with Crippen molar-refractivity contribution >= 4 is 5.78 Å². The number of aliphatic hydroxyl groups excluding tert-OH is 1. The third-order valence-electron chi connectivity index (χ3n) is 2.66. The van der Waals surface area contributed by atoms with Crippen molar-refractivity contribution < 1.29 is 19.4 Å². The van der Waals surface area contributed by atoms with Gasteiger partial charge < -0.3 is 19.9 Å². The number of hydrogen-bond donors (Lipinski definition) is 2. The molecule has 0 fully saturated rings. The van der Waals surface area contributed by atoms with E-state index in [1.54, 1.807) is 24.3 Å². The first-order valence-corrected chi connectivity index (χ1v) is 6.69. The van der Waals surface area contributed by atoms with Crippen LogP contribution in [0.15, 0.2) is 24.3 Å². The molecule has 0 saturated carbocycles. The van der Waals surface area contributed by atoms with E-state index in [0.717, 1.165) is 0 Å². The highest BCUT2D eigenvalue weighted by Crippen LogP contribution is 2.13. The summed E-state index contributed by atoms with van der Waals surface area (Å²) in [7, 11) is 1.49. The molecule has 0 radical (unpaired) electrons. The molecule has 0 aliphatic carbocycles. The van der Waals surface area contributed by atoms with Crippen molar-refractivity contribution in [1.82, 2.24) is 5.32 Å². The molecule has 1 rings (SSSR count). The predicted molar refractivity (Wildman–Crippen MR) is 77.3 cm³/mol. The molecular formula is C15H23NO4. The lowest BCUT2D eigenvalue weighted by Gasteiger charge is -2.15. The lowest BCUT2D eigenvalue weighted by Crippen LogP contribution is -2.35. The number of methoxy groups -OCH3 is 1. The second kappa shape index (κ2) is 8.68. The number of ketones is 1. The maximum absolute atomic E-state index is 11.6. The van der Waals surface area contributed by atoms with Crippen LogP contribution < -0.4 is 10.1 Å². The zero-order chi connectivity index (χ0) is 15.0. The fourth-order valence-electron chi connectivity index (χ4n) is 1.57. The third-order valence-corrected chi connectivity index (χ3v) is 2.66. The van der Waals surface area contributed by atoms with Crippen molar-refractivity contribution in [2.45, 2.75) is 26.0 Å². The van der Waals surface area contributed by atoms with E-state index in [2.05, 4.69) is 5.32 Å². The Balaban J connectivity index is 2.39. The molecule has 1 aromatic carbocycles. The summed E-state index contributed by atoms with van der Waals surface area (Å²) in [6.07, 6.45) is -0.563. The smallest absolute Gasteiger partial charge is 0.188 e. The van der Waals surface area contributed by atoms with Crippen LogP contribution in [0, 0.1) is 0 Å². The van der Waals surface area contributed by atoms with Gasteiger partial charge in [0.15, 0.2) is 5.78 Å². The van der Waals surface area contributed by atoms with Crippen molar-refractivity contribution in [2.75, 3.05) is 26.9 Å². The second-order valence-electron chi connectivity index (χ2n) is 4.91. The highest BCUT2D eigenvalue weighted by atomic mass is 16.5. The number of benzene rings is 1. The quantitative estimate of drug-likeness (QED) is 0.667. The van der Waals surface area contributed by atoms with Gasteiger partial charge in [-0.1, -0.05) is 13.8 Å². The Morgan fingerprint density at radius 3 is 2.50 bits per heavy atom. The van der Waals surface area contributed by atoms with Gasteiger partial charge >= 0.3 is 0 Å². The second-order valence-corrected chi connectivity index (χ2v) is 4.91. The normalized spacial score (nSPS) is 12.4. The van der Waals surface area contributed by atoms with Gasteiger partial charge in [0.1, 0.15) is 25.1 Å². The summed E-state index contributed by atoms with van der Waals surface area (Å²) < 4.78 is 10.3. The highest BCUT2D eigenvalue weighted by Gasteiger charge is 2.07. The average molecular weight is 281 g/mol. The van der Waals surface area contributed by atoms with Gasteiger partial charge in [-0.05, 0) is 24.3 Å². The molecule has 5 nitrogen and oxygen atoms in total. The van der Waals surface area contributed by atoms with Crippen LogP contribution in [-0.4, -0.2) is 49.9 Å². The van der Waals surface area contributed by atoms with E-state index in [4.69, 9.17) is 9.47 Å². The molecule has 0 spiro atoms. The minimum absolute atomic E-state index is 0.0692. The maximum atomic E-state index is 11.6. The first kappa shape index (κ1) is 16.6. The number of rotatable bonds is 9. The lowest BCUT2D eigenvalue weighted by molar-refractivity contribution is 0.0847. The molecule has 0 amide bonds. The van der Waals surface area contributed by atoms with Crippen LogP contribution >= 0.6 is 0 Å². The van der Waals surface area contributed by atoms with E-state index in [-0.39, 0.29) is 19.0 Å². The average Bonchev–Trinajstić information content (AvgIpc) is 2.43. The Labute approximate surface area is 119 Å². The van der Waals surface area contributed by atoms with Gasteiger partial charge in [-0.3, -0.25) is 4.79 Å². The van der Waals surface area contributed by atoms with Gasteiger partial charge in [0.2, 0.25) is 0 Å². The summed E-state index contributed by atoms with van der Waals surface area (Å²) >= 11 is 0. The Kier molecular flexibility index (Phi) is 7.22. The zero-order valence-corrected chi connectivity index (χ0v) is 12.3. The fourth-order valence-corrected chi connectivity index (χ4v) is 1.57. The Bertz CT molecular complexity index is 403. The molecule has 0 aromatic heterocycles. The topological polar surface area (TPSA) is 67.8 Å². The maximum Gasteiger partial charge on any atom is 0.188 e. The van der Waals surface area contributed by atoms with Crippen molar-refractivity contribution in [3.63, 3.8) is 0 Å². The molecule has 112 valence electrons. The molecule has 0 aliphatic rings. The van der Waals surface area contributed by atoms with Gasteiger partial charge in [0.05, 0.1) is 0 Å². The third kappa shape index (κ3) is 6.14. The molecule has 1 aromatic rings. The molecule has 0 heterocycles. The molecule has 20 heavy (non-hydrogen) atoms. The van der Waals surface area contributed by atoms with E-state index in [9.17, 15) is 9.90 Å². The van der Waals surface area contributed by atoms with Crippen LogP contribution in [0.1, 0.15) is 24.2 Å². The first-order chi connectivity index (χ1) is 9.52. The summed E-state index contributed by atoms with van der Waals surface area (Å²) in [6.45, 7) is 4.81. The number of aliphatic hydroxyl groups is 1. The van der Waals surface area contributed by atoms with Crippen LogP contribution in [0.3, 0.4) is 0 Å². The number of hydrogen-bond acceptors (Lipinski definition) is 5. The number of Topliss-reactive ketones (excluding diaryl/α,β-unsaturated/α-hetero) is 1. The van der Waals surface area contributed by atoms with Crippen molar-refractivity contribution in [3.05, 3.63) is 29.8 Å². The van der Waals surface area contributed by atoms with Gasteiger partial charge in [-0.25, -0.2) is 0 Å². The molecule has 1 atom stereocenters. The number of carbonyl (C=O) groups is 1. The molecule has 0 unspecified atom stereocenters. The summed E-state index contributed by atoms with van der Waals surface area (Å²) in [5, 5.41) is 12.8. The van der Waals surface area contributed by atoms with Gasteiger partial charge in [-0.2, -0.15) is 0 Å². The molecule has 5 heteroatoms. The van der Waals surface area contributed by atoms with E-state index in [1.807, 2.05) is 13.8 Å². The Hall–Kier alpha value is -1.43. The van der Waals surface area contributed by atoms with Crippen LogP contribution in [0.4, 0.5) is 0 Å². The largest absolute Gasteiger partial charge is 0.491 e. The van der Waals surface area contributed by atoms with E-state index in [0.29, 0.717) is 23.9 Å². The van der Waals surface area contributed by atoms with E-state index < -0.39 is 6.10 Å². The van der Waals surface area contributed by atoms with Gasteiger partial charge in [0, 0.05) is 25.3 Å². The minimum atomic E-state index is -0.563. The monoisotopic (exact) mass is 281 g/mol. The van der Waals surface area contributed by atoms with Gasteiger partial charge in [0.25, 0.3) is 0 Å². The highest BCUT2D eigenvalue weighted by molar-refractivity contribution is 5.97. The number of ether oxygens (including phenoxy) is 2. The summed E-state index contributed by atoms with van der Waals surface area (Å²) in [5.74, 6) is 0.558.